The van der Waals surface area contributed by atoms with Gasteiger partial charge in [-0.2, -0.15) is 0 Å². The number of rotatable bonds is 6. The summed E-state index contributed by atoms with van der Waals surface area (Å²) in [4.78, 5) is 25.5. The molecule has 0 saturated carbocycles. The number of nitrogens with one attached hydrogen (secondary N) is 2. The van der Waals surface area contributed by atoms with Crippen molar-refractivity contribution in [2.45, 2.75) is 51.1 Å². The lowest BCUT2D eigenvalue weighted by Crippen LogP contribution is -2.48. The maximum absolute atomic E-state index is 12.3. The summed E-state index contributed by atoms with van der Waals surface area (Å²) >= 11 is 0. The van der Waals surface area contributed by atoms with Crippen LogP contribution in [-0.2, 0) is 16.0 Å². The molecule has 1 unspecified atom stereocenters. The highest BCUT2D eigenvalue weighted by atomic mass is 16.5. The maximum Gasteiger partial charge on any atom is 0.224 e. The number of amides is 2. The lowest BCUT2D eigenvalue weighted by Gasteiger charge is -2.32. The van der Waals surface area contributed by atoms with Gasteiger partial charge in [-0.3, -0.25) is 14.9 Å². The zero-order valence-electron chi connectivity index (χ0n) is 14.8. The molecule has 0 aromatic heterocycles. The lowest BCUT2D eigenvalue weighted by molar-refractivity contribution is -0.133. The van der Waals surface area contributed by atoms with Gasteiger partial charge in [-0.1, -0.05) is 0 Å². The van der Waals surface area contributed by atoms with Crippen molar-refractivity contribution in [1.29, 1.82) is 0 Å². The fraction of sp³-hybridized carbons (Fsp3) is 0.579. The zero-order valence-corrected chi connectivity index (χ0v) is 14.8. The molecule has 0 bridgehead atoms. The third-order valence-electron chi connectivity index (χ3n) is 4.92. The van der Waals surface area contributed by atoms with E-state index in [9.17, 15) is 9.59 Å². The molecule has 0 radical (unpaired) electrons. The first-order chi connectivity index (χ1) is 12.1. The normalized spacial score (nSPS) is 19.7. The van der Waals surface area contributed by atoms with E-state index in [2.05, 4.69) is 10.6 Å². The average Bonchev–Trinajstić information content (AvgIpc) is 2.65. The number of ether oxygens (including phenoxy) is 1. The lowest BCUT2D eigenvalue weighted by atomic mass is 10.0. The molecule has 2 N–H and O–H groups in total. The van der Waals surface area contributed by atoms with E-state index in [-0.39, 0.29) is 18.0 Å². The Morgan fingerprint density at radius 3 is 3.00 bits per heavy atom. The summed E-state index contributed by atoms with van der Waals surface area (Å²) in [7, 11) is 1.88. The van der Waals surface area contributed by atoms with E-state index in [0.717, 1.165) is 36.4 Å². The molecule has 1 aromatic rings. The second-order valence-corrected chi connectivity index (χ2v) is 6.79. The molecule has 1 fully saturated rings. The highest BCUT2D eigenvalue weighted by molar-refractivity contribution is 5.94. The van der Waals surface area contributed by atoms with Crippen LogP contribution in [-0.4, -0.2) is 43.1 Å². The molecule has 6 heteroatoms. The minimum Gasteiger partial charge on any atom is -0.494 e. The first-order valence-corrected chi connectivity index (χ1v) is 9.18. The Morgan fingerprint density at radius 1 is 1.32 bits per heavy atom. The molecular weight excluding hydrogens is 318 g/mol. The summed E-state index contributed by atoms with van der Waals surface area (Å²) in [5.74, 6) is 1.03. The highest BCUT2D eigenvalue weighted by Gasteiger charge is 2.21. The monoisotopic (exact) mass is 345 g/mol. The molecule has 2 amide bonds. The van der Waals surface area contributed by atoms with Crippen LogP contribution in [0.1, 0.15) is 44.1 Å². The smallest absolute Gasteiger partial charge is 0.224 e. The molecule has 2 aliphatic heterocycles. The number of piperidine rings is 1. The highest BCUT2D eigenvalue weighted by Crippen LogP contribution is 2.26. The van der Waals surface area contributed by atoms with Crippen LogP contribution in [0.5, 0.6) is 5.75 Å². The Bertz CT molecular complexity index is 626. The molecule has 2 aliphatic rings. The van der Waals surface area contributed by atoms with Gasteiger partial charge in [-0.15, -0.1) is 0 Å². The number of anilines is 1. The van der Waals surface area contributed by atoms with Crippen molar-refractivity contribution in [3.05, 3.63) is 23.8 Å². The Labute approximate surface area is 148 Å². The van der Waals surface area contributed by atoms with Gasteiger partial charge in [0.15, 0.2) is 0 Å². The topological polar surface area (TPSA) is 70.7 Å². The molecule has 0 aliphatic carbocycles. The molecule has 6 nitrogen and oxygen atoms in total. The van der Waals surface area contributed by atoms with Gasteiger partial charge in [0.25, 0.3) is 0 Å². The summed E-state index contributed by atoms with van der Waals surface area (Å²) in [6.07, 6.45) is 6.04. The van der Waals surface area contributed by atoms with Gasteiger partial charge in [-0.05, 0) is 62.4 Å². The zero-order chi connectivity index (χ0) is 17.6. The molecule has 1 atom stereocenters. The third kappa shape index (κ3) is 4.72. The average molecular weight is 345 g/mol. The number of nitrogens with zero attached hydrogens (tertiary/aromatic N) is 1. The maximum atomic E-state index is 12.3. The Morgan fingerprint density at radius 2 is 2.20 bits per heavy atom. The van der Waals surface area contributed by atoms with Crippen LogP contribution in [0.3, 0.4) is 0 Å². The minimum atomic E-state index is 0.0660. The van der Waals surface area contributed by atoms with E-state index in [0.29, 0.717) is 25.9 Å². The number of carbonyl (C=O) groups is 2. The predicted molar refractivity (Wildman–Crippen MR) is 96.5 cm³/mol. The Kier molecular flexibility index (Phi) is 5.91. The molecule has 136 valence electrons. The number of fused-ring (bicyclic) bond motifs is 1. The molecule has 25 heavy (non-hydrogen) atoms. The molecule has 0 spiro atoms. The summed E-state index contributed by atoms with van der Waals surface area (Å²) in [5, 5.41) is 6.25. The molecule has 2 heterocycles. The number of aryl methyl sites for hydroxylation is 1. The van der Waals surface area contributed by atoms with E-state index < -0.39 is 0 Å². The molecular formula is C19H27N3O3. The summed E-state index contributed by atoms with van der Waals surface area (Å²) in [6, 6.07) is 5.73. The van der Waals surface area contributed by atoms with Gasteiger partial charge in [0, 0.05) is 25.6 Å². The second-order valence-electron chi connectivity index (χ2n) is 6.79. The van der Waals surface area contributed by atoms with Crippen molar-refractivity contribution >= 4 is 17.5 Å². The van der Waals surface area contributed by atoms with Gasteiger partial charge in [0.1, 0.15) is 5.75 Å². The number of hydrogen-bond acceptors (Lipinski definition) is 4. The van der Waals surface area contributed by atoms with Crippen LogP contribution in [0, 0.1) is 0 Å². The van der Waals surface area contributed by atoms with E-state index in [1.165, 1.54) is 12.8 Å². The largest absolute Gasteiger partial charge is 0.494 e. The van der Waals surface area contributed by atoms with Crippen molar-refractivity contribution in [2.24, 2.45) is 0 Å². The minimum absolute atomic E-state index is 0.0660. The van der Waals surface area contributed by atoms with Crippen molar-refractivity contribution in [3.63, 3.8) is 0 Å². The van der Waals surface area contributed by atoms with Crippen molar-refractivity contribution in [3.8, 4) is 5.75 Å². The first-order valence-electron chi connectivity index (χ1n) is 9.18. The van der Waals surface area contributed by atoms with Gasteiger partial charge < -0.3 is 15.0 Å². The van der Waals surface area contributed by atoms with Gasteiger partial charge >= 0.3 is 0 Å². The quantitative estimate of drug-likeness (QED) is 0.776. The van der Waals surface area contributed by atoms with Crippen LogP contribution in [0.4, 0.5) is 5.69 Å². The van der Waals surface area contributed by atoms with Crippen LogP contribution >= 0.6 is 0 Å². The number of benzene rings is 1. The summed E-state index contributed by atoms with van der Waals surface area (Å²) in [5.41, 5.74) is 1.98. The van der Waals surface area contributed by atoms with Gasteiger partial charge in [0.2, 0.25) is 11.8 Å². The standard InChI is InChI=1S/C19H27N3O3/c1-22(17-5-2-3-11-20-17)19(24)6-4-12-25-15-8-9-16-14(13-15)7-10-18(23)21-16/h8-9,13,17,20H,2-7,10-12H2,1H3,(H,21,23). The van der Waals surface area contributed by atoms with Crippen molar-refractivity contribution < 1.29 is 14.3 Å². The van der Waals surface area contributed by atoms with Crippen LogP contribution < -0.4 is 15.4 Å². The second kappa shape index (κ2) is 8.34. The molecule has 3 rings (SSSR count). The Balaban J connectivity index is 1.41. The van der Waals surface area contributed by atoms with E-state index in [1.807, 2.05) is 30.1 Å². The van der Waals surface area contributed by atoms with E-state index >= 15 is 0 Å². The first kappa shape index (κ1) is 17.7. The van der Waals surface area contributed by atoms with Crippen molar-refractivity contribution in [2.75, 3.05) is 25.5 Å². The van der Waals surface area contributed by atoms with Crippen LogP contribution in [0.2, 0.25) is 0 Å². The fourth-order valence-electron chi connectivity index (χ4n) is 3.38. The van der Waals surface area contributed by atoms with E-state index in [4.69, 9.17) is 4.74 Å². The third-order valence-corrected chi connectivity index (χ3v) is 4.92. The summed E-state index contributed by atoms with van der Waals surface area (Å²) < 4.78 is 5.78. The predicted octanol–water partition coefficient (Wildman–Crippen LogP) is 2.29. The van der Waals surface area contributed by atoms with E-state index in [1.54, 1.807) is 0 Å². The molecule has 1 saturated heterocycles. The van der Waals surface area contributed by atoms with Crippen LogP contribution in [0.25, 0.3) is 0 Å². The Hall–Kier alpha value is -2.08. The summed E-state index contributed by atoms with van der Waals surface area (Å²) in [6.45, 7) is 1.51. The fourth-order valence-corrected chi connectivity index (χ4v) is 3.38. The number of hydrogen-bond donors (Lipinski definition) is 2. The van der Waals surface area contributed by atoms with Crippen LogP contribution in [0.15, 0.2) is 18.2 Å². The number of carbonyl (C=O) groups excluding carboxylic acids is 2. The van der Waals surface area contributed by atoms with Gasteiger partial charge in [0.05, 0.1) is 12.8 Å². The van der Waals surface area contributed by atoms with Crippen molar-refractivity contribution in [1.82, 2.24) is 10.2 Å². The van der Waals surface area contributed by atoms with Gasteiger partial charge in [-0.25, -0.2) is 0 Å². The molecule has 1 aromatic carbocycles. The SMILES string of the molecule is CN(C(=O)CCCOc1ccc2c(c1)CCC(=O)N2)C1CCCCN1.